The van der Waals surface area contributed by atoms with E-state index in [4.69, 9.17) is 9.47 Å². The van der Waals surface area contributed by atoms with Crippen molar-refractivity contribution in [2.45, 2.75) is 44.8 Å². The third kappa shape index (κ3) is 5.10. The highest BCUT2D eigenvalue weighted by molar-refractivity contribution is 14.1. The maximum atomic E-state index is 13.6. The van der Waals surface area contributed by atoms with E-state index < -0.39 is 0 Å². The van der Waals surface area contributed by atoms with Crippen molar-refractivity contribution >= 4 is 34.2 Å². The van der Waals surface area contributed by atoms with Gasteiger partial charge in [-0.1, -0.05) is 28.7 Å². The summed E-state index contributed by atoms with van der Waals surface area (Å²) in [6.07, 6.45) is 6.25. The molecular weight excluding hydrogens is 593 g/mol. The van der Waals surface area contributed by atoms with Gasteiger partial charge in [0, 0.05) is 60.8 Å². The highest BCUT2D eigenvalue weighted by Gasteiger charge is 2.39. The van der Waals surface area contributed by atoms with Gasteiger partial charge >= 0.3 is 0 Å². The van der Waals surface area contributed by atoms with E-state index in [-0.39, 0.29) is 11.9 Å². The van der Waals surface area contributed by atoms with E-state index in [1.807, 2.05) is 39.2 Å². The lowest BCUT2D eigenvalue weighted by molar-refractivity contribution is 0.0939. The second-order valence-corrected chi connectivity index (χ2v) is 11.0. The molecule has 3 heterocycles. The van der Waals surface area contributed by atoms with Crippen LogP contribution in [0.1, 0.15) is 47.3 Å². The van der Waals surface area contributed by atoms with Gasteiger partial charge < -0.3 is 19.7 Å². The first-order chi connectivity index (χ1) is 18.3. The number of alkyl halides is 1. The van der Waals surface area contributed by atoms with Crippen molar-refractivity contribution in [2.75, 3.05) is 36.8 Å². The van der Waals surface area contributed by atoms with E-state index in [0.29, 0.717) is 29.1 Å². The number of anilines is 1. The van der Waals surface area contributed by atoms with Gasteiger partial charge in [0.25, 0.3) is 5.91 Å². The molecule has 3 atom stereocenters. The Kier molecular flexibility index (Phi) is 7.85. The van der Waals surface area contributed by atoms with Crippen molar-refractivity contribution in [2.24, 2.45) is 7.05 Å². The predicted octanol–water partition coefficient (Wildman–Crippen LogP) is 4.95. The minimum absolute atomic E-state index is 0.0802. The fourth-order valence-corrected chi connectivity index (χ4v) is 6.93. The third-order valence-electron chi connectivity index (χ3n) is 7.97. The van der Waals surface area contributed by atoms with Crippen LogP contribution >= 0.6 is 22.6 Å². The summed E-state index contributed by atoms with van der Waals surface area (Å²) in [6.45, 7) is 6.02. The number of ether oxygens (including phenoxy) is 2. The van der Waals surface area contributed by atoms with Gasteiger partial charge in [-0.15, -0.1) is 0 Å². The first-order valence-electron chi connectivity index (χ1n) is 13.1. The molecular formula is C29H36IN5O3. The first-order valence-corrected chi connectivity index (χ1v) is 14.6. The largest absolute Gasteiger partial charge is 0.493 e. The second kappa shape index (κ2) is 11.1. The maximum Gasteiger partial charge on any atom is 0.252 e. The number of rotatable bonds is 8. The van der Waals surface area contributed by atoms with E-state index >= 15 is 0 Å². The number of benzene rings is 2. The fourth-order valence-electron chi connectivity index (χ4n) is 5.82. The second-order valence-electron chi connectivity index (χ2n) is 10.3. The first kappa shape index (κ1) is 26.8. The molecule has 0 aliphatic carbocycles. The van der Waals surface area contributed by atoms with E-state index in [1.165, 1.54) is 12.8 Å². The molecule has 0 unspecified atom stereocenters. The van der Waals surface area contributed by atoms with Crippen LogP contribution in [-0.4, -0.2) is 64.5 Å². The summed E-state index contributed by atoms with van der Waals surface area (Å²) in [5.41, 5.74) is 5.53. The number of carbonyl (C=O) groups is 1. The van der Waals surface area contributed by atoms with Gasteiger partial charge in [-0.25, -0.2) is 0 Å². The standard InChI is InChI=1S/C29H36IN5O3/c1-18-6-7-22(34-15-23-8-9-24(16-34)35(23)17-30)12-25(18)29(36)32-19(2)20-10-26(21-13-31-33(3)14-21)28(38-5)27(11-20)37-4/h6-7,10-14,19,23-24H,8-9,15-17H2,1-5H3,(H,32,36)/t19-,23-,24+/m1/s1. The van der Waals surface area contributed by atoms with Gasteiger partial charge in [0.1, 0.15) is 0 Å². The van der Waals surface area contributed by atoms with Crippen molar-refractivity contribution in [3.8, 4) is 22.6 Å². The average molecular weight is 630 g/mol. The zero-order valence-corrected chi connectivity index (χ0v) is 24.9. The molecule has 1 amide bonds. The SMILES string of the molecule is COc1cc([C@@H](C)NC(=O)c2cc(N3C[C@H]4CC[C@@H](C3)N4CI)ccc2C)cc(-c2cnn(C)c2)c1OC. The number of hydrogen-bond donors (Lipinski definition) is 1. The van der Waals surface area contributed by atoms with E-state index in [0.717, 1.165) is 45.6 Å². The Morgan fingerprint density at radius 2 is 1.89 bits per heavy atom. The van der Waals surface area contributed by atoms with Gasteiger partial charge in [0.15, 0.2) is 11.5 Å². The van der Waals surface area contributed by atoms with Gasteiger partial charge in [-0.2, -0.15) is 5.10 Å². The number of nitrogens with zero attached hydrogens (tertiary/aromatic N) is 4. The Balaban J connectivity index is 1.38. The van der Waals surface area contributed by atoms with Crippen molar-refractivity contribution in [1.29, 1.82) is 0 Å². The highest BCUT2D eigenvalue weighted by Crippen LogP contribution is 2.40. The molecule has 0 saturated carbocycles. The molecule has 9 heteroatoms. The number of aromatic nitrogens is 2. The number of piperazine rings is 1. The van der Waals surface area contributed by atoms with Crippen LogP contribution in [0, 0.1) is 6.92 Å². The lowest BCUT2D eigenvalue weighted by Crippen LogP contribution is -2.53. The summed E-state index contributed by atoms with van der Waals surface area (Å²) >= 11 is 2.48. The average Bonchev–Trinajstić information content (AvgIpc) is 3.46. The minimum Gasteiger partial charge on any atom is -0.493 e. The molecule has 8 nitrogen and oxygen atoms in total. The third-order valence-corrected chi connectivity index (χ3v) is 8.75. The normalized spacial score (nSPS) is 19.9. The molecule has 2 fully saturated rings. The van der Waals surface area contributed by atoms with Crippen molar-refractivity contribution < 1.29 is 14.3 Å². The number of carbonyl (C=O) groups excluding carboxylic acids is 1. The van der Waals surface area contributed by atoms with Crippen LogP contribution in [0.2, 0.25) is 0 Å². The molecule has 0 radical (unpaired) electrons. The van der Waals surface area contributed by atoms with Crippen molar-refractivity contribution in [3.05, 3.63) is 59.4 Å². The number of aryl methyl sites for hydroxylation is 2. The van der Waals surface area contributed by atoms with E-state index in [1.54, 1.807) is 25.1 Å². The van der Waals surface area contributed by atoms with Gasteiger partial charge in [0.2, 0.25) is 0 Å². The molecule has 3 aromatic rings. The number of nitrogens with one attached hydrogen (secondary N) is 1. The minimum atomic E-state index is -0.246. The molecule has 202 valence electrons. The zero-order valence-electron chi connectivity index (χ0n) is 22.7. The molecule has 38 heavy (non-hydrogen) atoms. The summed E-state index contributed by atoms with van der Waals surface area (Å²) in [5.74, 6) is 1.18. The van der Waals surface area contributed by atoms with E-state index in [2.05, 4.69) is 61.0 Å². The predicted molar refractivity (Wildman–Crippen MR) is 159 cm³/mol. The van der Waals surface area contributed by atoms with Crippen LogP contribution in [0.3, 0.4) is 0 Å². The smallest absolute Gasteiger partial charge is 0.252 e. The van der Waals surface area contributed by atoms with Gasteiger partial charge in [0.05, 0.1) is 31.0 Å². The van der Waals surface area contributed by atoms with Crippen molar-refractivity contribution in [1.82, 2.24) is 20.0 Å². The molecule has 2 saturated heterocycles. The van der Waals surface area contributed by atoms with Crippen LogP contribution in [0.4, 0.5) is 5.69 Å². The molecule has 2 aliphatic rings. The lowest BCUT2D eigenvalue weighted by atomic mass is 9.99. The summed E-state index contributed by atoms with van der Waals surface area (Å²) < 4.78 is 14.2. The van der Waals surface area contributed by atoms with Crippen LogP contribution in [0.25, 0.3) is 11.1 Å². The zero-order chi connectivity index (χ0) is 27.0. The molecule has 0 spiro atoms. The summed E-state index contributed by atoms with van der Waals surface area (Å²) in [7, 11) is 5.13. The number of amides is 1. The molecule has 2 aromatic carbocycles. The number of fused-ring (bicyclic) bond motifs is 2. The molecule has 1 N–H and O–H groups in total. The quantitative estimate of drug-likeness (QED) is 0.216. The Labute approximate surface area is 238 Å². The topological polar surface area (TPSA) is 71.9 Å². The molecule has 5 rings (SSSR count). The molecule has 2 aliphatic heterocycles. The Morgan fingerprint density at radius 3 is 2.50 bits per heavy atom. The number of methoxy groups -OCH3 is 2. The van der Waals surface area contributed by atoms with Gasteiger partial charge in [-0.05, 0) is 62.1 Å². The van der Waals surface area contributed by atoms with Crippen molar-refractivity contribution in [3.63, 3.8) is 0 Å². The molecule has 1 aromatic heterocycles. The van der Waals surface area contributed by atoms with Crippen LogP contribution in [0.5, 0.6) is 11.5 Å². The summed E-state index contributed by atoms with van der Waals surface area (Å²) in [5, 5.41) is 7.53. The Morgan fingerprint density at radius 1 is 1.16 bits per heavy atom. The lowest BCUT2D eigenvalue weighted by Gasteiger charge is -2.41. The van der Waals surface area contributed by atoms with Crippen LogP contribution in [0.15, 0.2) is 42.7 Å². The fraction of sp³-hybridized carbons (Fsp3) is 0.448. The summed E-state index contributed by atoms with van der Waals surface area (Å²) in [4.78, 5) is 18.6. The number of hydrogen-bond acceptors (Lipinski definition) is 6. The van der Waals surface area contributed by atoms with Crippen LogP contribution < -0.4 is 19.7 Å². The molecule has 2 bridgehead atoms. The number of halogens is 1. The Bertz CT molecular complexity index is 1310. The highest BCUT2D eigenvalue weighted by atomic mass is 127. The monoisotopic (exact) mass is 629 g/mol. The summed E-state index contributed by atoms with van der Waals surface area (Å²) in [6, 6.07) is 11.2. The Hall–Kier alpha value is -2.79. The van der Waals surface area contributed by atoms with Crippen LogP contribution in [-0.2, 0) is 7.05 Å². The maximum absolute atomic E-state index is 13.6. The van der Waals surface area contributed by atoms with Gasteiger partial charge in [-0.3, -0.25) is 14.4 Å². The van der Waals surface area contributed by atoms with E-state index in [9.17, 15) is 4.79 Å².